The van der Waals surface area contributed by atoms with Gasteiger partial charge in [-0.3, -0.25) is 4.72 Å². The van der Waals surface area contributed by atoms with Crippen LogP contribution in [0.3, 0.4) is 0 Å². The Morgan fingerprint density at radius 1 is 1.04 bits per heavy atom. The van der Waals surface area contributed by atoms with Gasteiger partial charge in [0.05, 0.1) is 26.6 Å². The highest BCUT2D eigenvalue weighted by atomic mass is 32.2. The van der Waals surface area contributed by atoms with Crippen molar-refractivity contribution in [2.75, 3.05) is 10.5 Å². The zero-order valence-corrected chi connectivity index (χ0v) is 16.7. The molecule has 0 saturated heterocycles. The second-order valence-electron chi connectivity index (χ2n) is 5.63. The van der Waals surface area contributed by atoms with Crippen molar-refractivity contribution >= 4 is 47.1 Å². The van der Waals surface area contributed by atoms with E-state index in [0.717, 1.165) is 16.9 Å². The van der Waals surface area contributed by atoms with E-state index in [-0.39, 0.29) is 15.0 Å². The minimum Gasteiger partial charge on any atom is -0.280 e. The summed E-state index contributed by atoms with van der Waals surface area (Å²) in [5, 5.41) is 0. The topological polar surface area (TPSA) is 93.2 Å². The lowest BCUT2D eigenvalue weighted by atomic mass is 10.2. The number of hydrogen-bond acceptors (Lipinski definition) is 6. The first kappa shape index (κ1) is 18.8. The highest BCUT2D eigenvalue weighted by Gasteiger charge is 2.20. The van der Waals surface area contributed by atoms with Gasteiger partial charge in [-0.15, -0.1) is 11.3 Å². The molecule has 0 aliphatic heterocycles. The fourth-order valence-electron chi connectivity index (χ4n) is 2.49. The summed E-state index contributed by atoms with van der Waals surface area (Å²) in [6.45, 7) is 3.46. The molecule has 6 nitrogen and oxygen atoms in total. The van der Waals surface area contributed by atoms with Crippen LogP contribution in [0.4, 0.5) is 5.69 Å². The van der Waals surface area contributed by atoms with E-state index >= 15 is 0 Å². The number of rotatable bonds is 6. The van der Waals surface area contributed by atoms with Crippen LogP contribution < -0.4 is 4.72 Å². The number of nitrogens with zero attached hydrogens (tertiary/aromatic N) is 1. The zero-order valence-electron chi connectivity index (χ0n) is 14.3. The molecule has 0 fully saturated rings. The Morgan fingerprint density at radius 2 is 1.77 bits per heavy atom. The molecule has 26 heavy (non-hydrogen) atoms. The second kappa shape index (κ2) is 6.98. The van der Waals surface area contributed by atoms with Gasteiger partial charge >= 0.3 is 0 Å². The highest BCUT2D eigenvalue weighted by molar-refractivity contribution is 7.93. The molecule has 9 heteroatoms. The van der Waals surface area contributed by atoms with Crippen molar-refractivity contribution in [3.63, 3.8) is 0 Å². The largest absolute Gasteiger partial charge is 0.280 e. The van der Waals surface area contributed by atoms with Crippen molar-refractivity contribution < 1.29 is 16.8 Å². The lowest BCUT2D eigenvalue weighted by Gasteiger charge is -2.11. The van der Waals surface area contributed by atoms with E-state index in [4.69, 9.17) is 0 Å². The molecule has 3 rings (SSSR count). The lowest BCUT2D eigenvalue weighted by Crippen LogP contribution is -2.14. The van der Waals surface area contributed by atoms with Gasteiger partial charge in [-0.1, -0.05) is 32.0 Å². The van der Waals surface area contributed by atoms with Crippen LogP contribution in [0.1, 0.15) is 19.4 Å². The van der Waals surface area contributed by atoms with Gasteiger partial charge in [0.15, 0.2) is 0 Å². The van der Waals surface area contributed by atoms with E-state index < -0.39 is 19.9 Å². The molecule has 3 aromatic rings. The molecule has 0 aliphatic carbocycles. The highest BCUT2D eigenvalue weighted by Crippen LogP contribution is 2.29. The third kappa shape index (κ3) is 3.60. The molecule has 0 atom stereocenters. The van der Waals surface area contributed by atoms with Crippen molar-refractivity contribution in [3.05, 3.63) is 48.0 Å². The summed E-state index contributed by atoms with van der Waals surface area (Å²) in [6, 6.07) is 11.6. The first-order valence-electron chi connectivity index (χ1n) is 8.01. The van der Waals surface area contributed by atoms with Crippen LogP contribution in [0.2, 0.25) is 0 Å². The number of aromatic nitrogens is 1. The number of sulfone groups is 1. The van der Waals surface area contributed by atoms with Crippen LogP contribution in [0, 0.1) is 0 Å². The standard InChI is InChI=1S/C17H18N2O4S3/c1-3-12-7-5-6-8-16(12)26(22,23)19-13-9-10-14-15(11-13)24-17(18-14)25(20,21)4-2/h5-11,19H,3-4H2,1-2H3. The van der Waals surface area contributed by atoms with Crippen LogP contribution in [0.15, 0.2) is 51.7 Å². The van der Waals surface area contributed by atoms with Crippen LogP contribution in [0.25, 0.3) is 10.2 Å². The summed E-state index contributed by atoms with van der Waals surface area (Å²) in [4.78, 5) is 4.37. The van der Waals surface area contributed by atoms with E-state index in [1.807, 2.05) is 6.92 Å². The van der Waals surface area contributed by atoms with E-state index in [9.17, 15) is 16.8 Å². The number of benzene rings is 2. The molecule has 138 valence electrons. The van der Waals surface area contributed by atoms with Crippen molar-refractivity contribution in [2.24, 2.45) is 0 Å². The molecule has 0 amide bonds. The summed E-state index contributed by atoms with van der Waals surface area (Å²) in [6.07, 6.45) is 0.600. The first-order valence-corrected chi connectivity index (χ1v) is 12.0. The van der Waals surface area contributed by atoms with E-state index in [0.29, 0.717) is 22.3 Å². The molecule has 0 spiro atoms. The fourth-order valence-corrected chi connectivity index (χ4v) is 6.21. The Bertz CT molecular complexity index is 1170. The lowest BCUT2D eigenvalue weighted by molar-refractivity contribution is 0.596. The predicted octanol–water partition coefficient (Wildman–Crippen LogP) is 3.45. The molecule has 1 N–H and O–H groups in total. The number of hydrogen-bond donors (Lipinski definition) is 1. The Kier molecular flexibility index (Phi) is 5.05. The smallest absolute Gasteiger partial charge is 0.262 e. The summed E-state index contributed by atoms with van der Waals surface area (Å²) >= 11 is 1.04. The molecule has 2 aromatic carbocycles. The minimum atomic E-state index is -3.74. The number of aryl methyl sites for hydroxylation is 1. The van der Waals surface area contributed by atoms with E-state index in [2.05, 4.69) is 9.71 Å². The number of anilines is 1. The summed E-state index contributed by atoms with van der Waals surface area (Å²) in [5.74, 6) is -0.0277. The number of sulfonamides is 1. The van der Waals surface area contributed by atoms with Gasteiger partial charge in [0.1, 0.15) is 0 Å². The van der Waals surface area contributed by atoms with Crippen molar-refractivity contribution in [2.45, 2.75) is 29.5 Å². The molecular weight excluding hydrogens is 392 g/mol. The van der Waals surface area contributed by atoms with E-state index in [1.165, 1.54) is 0 Å². The molecular formula is C17H18N2O4S3. The first-order chi connectivity index (χ1) is 12.3. The zero-order chi connectivity index (χ0) is 18.9. The average Bonchev–Trinajstić information content (AvgIpc) is 3.05. The summed E-state index contributed by atoms with van der Waals surface area (Å²) < 4.78 is 52.6. The maximum Gasteiger partial charge on any atom is 0.262 e. The molecule has 0 aliphatic rings. The molecule has 1 aromatic heterocycles. The quantitative estimate of drug-likeness (QED) is 0.672. The van der Waals surface area contributed by atoms with Gasteiger partial charge in [0.2, 0.25) is 14.2 Å². The normalized spacial score (nSPS) is 12.4. The van der Waals surface area contributed by atoms with Gasteiger partial charge < -0.3 is 0 Å². The van der Waals surface area contributed by atoms with E-state index in [1.54, 1.807) is 49.4 Å². The number of fused-ring (bicyclic) bond motifs is 1. The Morgan fingerprint density at radius 3 is 2.46 bits per heavy atom. The number of thiazole rings is 1. The van der Waals surface area contributed by atoms with Gasteiger partial charge in [-0.25, -0.2) is 21.8 Å². The van der Waals surface area contributed by atoms with Crippen molar-refractivity contribution in [1.82, 2.24) is 4.98 Å². The molecule has 0 unspecified atom stereocenters. The third-order valence-electron chi connectivity index (χ3n) is 3.91. The van der Waals surface area contributed by atoms with Crippen LogP contribution in [-0.4, -0.2) is 27.6 Å². The summed E-state index contributed by atoms with van der Waals surface area (Å²) in [7, 11) is -7.13. The average molecular weight is 411 g/mol. The Labute approximate surface area is 156 Å². The van der Waals surface area contributed by atoms with Crippen LogP contribution >= 0.6 is 11.3 Å². The molecule has 0 saturated carbocycles. The van der Waals surface area contributed by atoms with Gasteiger partial charge in [0, 0.05) is 0 Å². The molecule has 0 radical (unpaired) electrons. The SMILES string of the molecule is CCc1ccccc1S(=O)(=O)Nc1ccc2nc(S(=O)(=O)CC)sc2c1. The Hall–Kier alpha value is -1.97. The van der Waals surface area contributed by atoms with Crippen LogP contribution in [-0.2, 0) is 26.3 Å². The van der Waals surface area contributed by atoms with Gasteiger partial charge in [0.25, 0.3) is 10.0 Å². The minimum absolute atomic E-state index is 0.0277. The maximum absolute atomic E-state index is 12.7. The van der Waals surface area contributed by atoms with Gasteiger partial charge in [-0.05, 0) is 36.2 Å². The Balaban J connectivity index is 1.98. The molecule has 1 heterocycles. The van der Waals surface area contributed by atoms with Crippen LogP contribution in [0.5, 0.6) is 0 Å². The van der Waals surface area contributed by atoms with Gasteiger partial charge in [-0.2, -0.15) is 0 Å². The predicted molar refractivity (Wildman–Crippen MR) is 104 cm³/mol. The molecule has 0 bridgehead atoms. The number of nitrogens with one attached hydrogen (secondary N) is 1. The third-order valence-corrected chi connectivity index (χ3v) is 8.60. The summed E-state index contributed by atoms with van der Waals surface area (Å²) in [5.41, 5.74) is 1.63. The van der Waals surface area contributed by atoms with Crippen molar-refractivity contribution in [1.29, 1.82) is 0 Å². The second-order valence-corrected chi connectivity index (χ2v) is 10.8. The monoisotopic (exact) mass is 410 g/mol. The maximum atomic E-state index is 12.7. The fraction of sp³-hybridized carbons (Fsp3) is 0.235. The van der Waals surface area contributed by atoms with Crippen molar-refractivity contribution in [3.8, 4) is 0 Å².